The zero-order valence-electron chi connectivity index (χ0n) is 13.0. The molecule has 0 radical (unpaired) electrons. The summed E-state index contributed by atoms with van der Waals surface area (Å²) in [4.78, 5) is 10.3. The van der Waals surface area contributed by atoms with Gasteiger partial charge in [-0.15, -0.1) is 0 Å². The lowest BCUT2D eigenvalue weighted by Gasteiger charge is -2.07. The van der Waals surface area contributed by atoms with Crippen molar-refractivity contribution < 1.29 is 8.42 Å². The highest BCUT2D eigenvalue weighted by Gasteiger charge is 2.21. The van der Waals surface area contributed by atoms with Crippen LogP contribution in [0.2, 0.25) is 0 Å². The third-order valence-corrected chi connectivity index (χ3v) is 5.78. The van der Waals surface area contributed by atoms with Gasteiger partial charge in [0, 0.05) is 31.0 Å². The minimum atomic E-state index is -3.59. The molecule has 0 saturated heterocycles. The van der Waals surface area contributed by atoms with Gasteiger partial charge in [-0.05, 0) is 24.6 Å². The molecular weight excluding hydrogens is 332 g/mol. The van der Waals surface area contributed by atoms with Gasteiger partial charge in [0.25, 0.3) is 0 Å². The minimum absolute atomic E-state index is 0.0647. The van der Waals surface area contributed by atoms with Crippen LogP contribution in [-0.4, -0.2) is 36.9 Å². The zero-order chi connectivity index (χ0) is 16.6. The van der Waals surface area contributed by atoms with E-state index in [1.165, 1.54) is 11.5 Å². The van der Waals surface area contributed by atoms with Crippen LogP contribution in [0.1, 0.15) is 11.4 Å². The van der Waals surface area contributed by atoms with Crippen LogP contribution in [0.3, 0.4) is 0 Å². The Bertz CT molecular complexity index is 965. The Kier molecular flexibility index (Phi) is 4.03. The molecule has 23 heavy (non-hydrogen) atoms. The number of pyridine rings is 1. The van der Waals surface area contributed by atoms with E-state index in [1.54, 1.807) is 11.0 Å². The summed E-state index contributed by atoms with van der Waals surface area (Å²) < 4.78 is 29.4. The number of anilines is 1. The van der Waals surface area contributed by atoms with Crippen molar-refractivity contribution in [2.75, 3.05) is 19.0 Å². The van der Waals surface area contributed by atoms with Crippen LogP contribution in [0.5, 0.6) is 0 Å². The quantitative estimate of drug-likeness (QED) is 0.721. The Morgan fingerprint density at radius 2 is 1.91 bits per heavy atom. The van der Waals surface area contributed by atoms with Crippen molar-refractivity contribution in [3.63, 3.8) is 0 Å². The predicted molar refractivity (Wildman–Crippen MR) is 91.6 cm³/mol. The lowest BCUT2D eigenvalue weighted by Crippen LogP contribution is -2.10. The molecule has 8 heteroatoms. The Morgan fingerprint density at radius 3 is 2.61 bits per heavy atom. The van der Waals surface area contributed by atoms with Crippen molar-refractivity contribution >= 4 is 37.4 Å². The third kappa shape index (κ3) is 3.18. The van der Waals surface area contributed by atoms with Gasteiger partial charge < -0.3 is 4.90 Å². The minimum Gasteiger partial charge on any atom is -0.353 e. The number of benzene rings is 1. The number of para-hydroxylation sites is 1. The van der Waals surface area contributed by atoms with Crippen molar-refractivity contribution in [1.29, 1.82) is 0 Å². The SMILES string of the molecule is Cc1cc(S(=O)(=O)Cc2nsc(N(C)C)n2)nc2ccccc12. The van der Waals surface area contributed by atoms with E-state index in [-0.39, 0.29) is 10.8 Å². The number of aryl methyl sites for hydroxylation is 1. The first-order valence-electron chi connectivity index (χ1n) is 6.96. The molecule has 120 valence electrons. The molecule has 3 aromatic rings. The average Bonchev–Trinajstić information content (AvgIpc) is 2.95. The predicted octanol–water partition coefficient (Wildman–Crippen LogP) is 2.43. The molecule has 0 N–H and O–H groups in total. The molecule has 0 aliphatic carbocycles. The van der Waals surface area contributed by atoms with Crippen LogP contribution < -0.4 is 4.90 Å². The Morgan fingerprint density at radius 1 is 1.17 bits per heavy atom. The summed E-state index contributed by atoms with van der Waals surface area (Å²) in [5.41, 5.74) is 1.56. The second-order valence-corrected chi connectivity index (χ2v) is 8.11. The molecule has 3 rings (SSSR count). The molecule has 0 spiro atoms. The molecule has 0 atom stereocenters. The molecular formula is C15H16N4O2S2. The monoisotopic (exact) mass is 348 g/mol. The van der Waals surface area contributed by atoms with Crippen molar-refractivity contribution in [1.82, 2.24) is 14.3 Å². The molecule has 2 heterocycles. The maximum Gasteiger partial charge on any atom is 0.204 e. The highest BCUT2D eigenvalue weighted by Crippen LogP contribution is 2.23. The summed E-state index contributed by atoms with van der Waals surface area (Å²) in [5.74, 6) is 0.0496. The summed E-state index contributed by atoms with van der Waals surface area (Å²) in [6, 6.07) is 9.10. The lowest BCUT2D eigenvalue weighted by molar-refractivity contribution is 0.591. The Balaban J connectivity index is 1.98. The van der Waals surface area contributed by atoms with Gasteiger partial charge in [-0.2, -0.15) is 4.37 Å². The number of aromatic nitrogens is 3. The summed E-state index contributed by atoms with van der Waals surface area (Å²) in [5, 5.41) is 1.70. The number of fused-ring (bicyclic) bond motifs is 1. The van der Waals surface area contributed by atoms with Crippen LogP contribution in [0.25, 0.3) is 10.9 Å². The van der Waals surface area contributed by atoms with E-state index in [4.69, 9.17) is 0 Å². The molecule has 0 amide bonds. The van der Waals surface area contributed by atoms with Crippen molar-refractivity contribution in [3.05, 3.63) is 41.7 Å². The maximum absolute atomic E-state index is 12.6. The number of rotatable bonds is 4. The van der Waals surface area contributed by atoms with E-state index in [1.807, 2.05) is 45.3 Å². The summed E-state index contributed by atoms with van der Waals surface area (Å²) in [7, 11) is 0.0930. The van der Waals surface area contributed by atoms with Gasteiger partial charge in [0.05, 0.1) is 5.52 Å². The number of hydrogen-bond donors (Lipinski definition) is 0. The first-order chi connectivity index (χ1) is 10.9. The van der Waals surface area contributed by atoms with Gasteiger partial charge in [0.15, 0.2) is 10.9 Å². The molecule has 0 aliphatic rings. The normalized spacial score (nSPS) is 11.8. The van der Waals surface area contributed by atoms with Gasteiger partial charge in [0.1, 0.15) is 5.75 Å². The van der Waals surface area contributed by atoms with Crippen LogP contribution in [0.15, 0.2) is 35.4 Å². The Hall–Kier alpha value is -2.06. The number of nitrogens with zero attached hydrogens (tertiary/aromatic N) is 4. The molecule has 0 fully saturated rings. The van der Waals surface area contributed by atoms with Crippen LogP contribution >= 0.6 is 11.5 Å². The maximum atomic E-state index is 12.6. The fraction of sp³-hybridized carbons (Fsp3) is 0.267. The molecule has 0 aliphatic heterocycles. The second kappa shape index (κ2) is 5.86. The van der Waals surface area contributed by atoms with E-state index in [2.05, 4.69) is 14.3 Å². The van der Waals surface area contributed by atoms with Gasteiger partial charge in [-0.1, -0.05) is 18.2 Å². The van der Waals surface area contributed by atoms with Crippen LogP contribution in [-0.2, 0) is 15.6 Å². The highest BCUT2D eigenvalue weighted by molar-refractivity contribution is 7.90. The second-order valence-electron chi connectivity index (χ2n) is 5.44. The van der Waals surface area contributed by atoms with E-state index in [0.29, 0.717) is 16.5 Å². The third-order valence-electron chi connectivity index (χ3n) is 3.38. The molecule has 1 aromatic carbocycles. The smallest absolute Gasteiger partial charge is 0.204 e. The van der Waals surface area contributed by atoms with E-state index in [9.17, 15) is 8.42 Å². The van der Waals surface area contributed by atoms with Gasteiger partial charge in [0.2, 0.25) is 15.0 Å². The molecule has 6 nitrogen and oxygen atoms in total. The molecule has 0 saturated carbocycles. The van der Waals surface area contributed by atoms with Gasteiger partial charge >= 0.3 is 0 Å². The number of hydrogen-bond acceptors (Lipinski definition) is 7. The highest BCUT2D eigenvalue weighted by atomic mass is 32.2. The molecule has 2 aromatic heterocycles. The average molecular weight is 348 g/mol. The van der Waals surface area contributed by atoms with E-state index in [0.717, 1.165) is 10.9 Å². The summed E-state index contributed by atoms with van der Waals surface area (Å²) in [6.45, 7) is 1.88. The molecule has 0 unspecified atom stereocenters. The first-order valence-corrected chi connectivity index (χ1v) is 9.38. The lowest BCUT2D eigenvalue weighted by atomic mass is 10.1. The van der Waals surface area contributed by atoms with Gasteiger partial charge in [-0.25, -0.2) is 18.4 Å². The van der Waals surface area contributed by atoms with E-state index >= 15 is 0 Å². The van der Waals surface area contributed by atoms with Crippen molar-refractivity contribution in [3.8, 4) is 0 Å². The zero-order valence-corrected chi connectivity index (χ0v) is 14.6. The fourth-order valence-corrected chi connectivity index (χ4v) is 4.10. The fourth-order valence-electron chi connectivity index (χ4n) is 2.21. The van der Waals surface area contributed by atoms with Gasteiger partial charge in [-0.3, -0.25) is 0 Å². The van der Waals surface area contributed by atoms with Crippen molar-refractivity contribution in [2.24, 2.45) is 0 Å². The first kappa shape index (κ1) is 15.8. The van der Waals surface area contributed by atoms with Crippen LogP contribution in [0, 0.1) is 6.92 Å². The summed E-state index contributed by atoms with van der Waals surface area (Å²) >= 11 is 1.18. The topological polar surface area (TPSA) is 76.1 Å². The Labute approximate surface area is 138 Å². The summed E-state index contributed by atoms with van der Waals surface area (Å²) in [6.07, 6.45) is 0. The van der Waals surface area contributed by atoms with Crippen LogP contribution in [0.4, 0.5) is 5.13 Å². The largest absolute Gasteiger partial charge is 0.353 e. The number of sulfone groups is 1. The standard InChI is InChI=1S/C15H16N4O2S2/c1-10-8-14(16-12-7-5-4-6-11(10)12)23(20,21)9-13-17-15(19(2)3)22-18-13/h4-8H,9H2,1-3H3. The van der Waals surface area contributed by atoms with E-state index < -0.39 is 9.84 Å². The molecule has 0 bridgehead atoms. The van der Waals surface area contributed by atoms with Crippen molar-refractivity contribution in [2.45, 2.75) is 17.7 Å².